The first-order valence-electron chi connectivity index (χ1n) is 9.24. The van der Waals surface area contributed by atoms with Crippen molar-refractivity contribution in [2.45, 2.75) is 6.92 Å². The summed E-state index contributed by atoms with van der Waals surface area (Å²) in [6.45, 7) is 2.16. The monoisotopic (exact) mass is 407 g/mol. The van der Waals surface area contributed by atoms with Crippen molar-refractivity contribution < 1.29 is 23.9 Å². The first kappa shape index (κ1) is 20.8. The number of hydrogen-bond donors (Lipinski definition) is 0. The quantitative estimate of drug-likeness (QED) is 0.398. The van der Waals surface area contributed by atoms with Gasteiger partial charge in [-0.1, -0.05) is 12.1 Å². The fourth-order valence-corrected chi connectivity index (χ4v) is 2.83. The second-order valence-electron chi connectivity index (χ2n) is 6.54. The maximum absolute atomic E-state index is 13.1. The van der Waals surface area contributed by atoms with Crippen molar-refractivity contribution in [2.24, 2.45) is 5.10 Å². The van der Waals surface area contributed by atoms with Gasteiger partial charge in [0, 0.05) is 19.8 Å². The fourth-order valence-electron chi connectivity index (χ4n) is 2.83. The van der Waals surface area contributed by atoms with Crippen LogP contribution in [0.15, 0.2) is 59.2 Å². The first-order valence-corrected chi connectivity index (χ1v) is 9.24. The molecule has 1 aliphatic rings. The van der Waals surface area contributed by atoms with E-state index in [4.69, 9.17) is 9.47 Å². The minimum atomic E-state index is -0.676. The maximum Gasteiger partial charge on any atom is 0.359 e. The lowest BCUT2D eigenvalue weighted by molar-refractivity contribution is -0.135. The van der Waals surface area contributed by atoms with Gasteiger partial charge in [0.2, 0.25) is 0 Å². The van der Waals surface area contributed by atoms with E-state index in [1.54, 1.807) is 25.1 Å². The van der Waals surface area contributed by atoms with Crippen molar-refractivity contribution in [3.05, 3.63) is 59.7 Å². The molecule has 8 heteroatoms. The zero-order chi connectivity index (χ0) is 21.7. The Morgan fingerprint density at radius 1 is 1.10 bits per heavy atom. The number of rotatable bonds is 7. The molecule has 0 N–H and O–H groups in total. The van der Waals surface area contributed by atoms with Crippen molar-refractivity contribution in [3.8, 4) is 5.75 Å². The second-order valence-corrected chi connectivity index (χ2v) is 6.54. The molecule has 2 aromatic rings. The van der Waals surface area contributed by atoms with E-state index in [1.807, 2.05) is 43.3 Å². The molecule has 3 rings (SSSR count). The Hall–Kier alpha value is -3.94. The van der Waals surface area contributed by atoms with Gasteiger partial charge in [-0.2, -0.15) is 10.1 Å². The number of carbonyl (C=O) groups excluding carboxylic acids is 3. The molecular weight excluding hydrogens is 386 g/mol. The molecule has 1 heterocycles. The number of hydrogen-bond acceptors (Lipinski definition) is 7. The average molecular weight is 407 g/mol. The van der Waals surface area contributed by atoms with E-state index in [1.165, 1.54) is 12.1 Å². The Kier molecular flexibility index (Phi) is 6.26. The van der Waals surface area contributed by atoms with Crippen LogP contribution in [0.1, 0.15) is 12.5 Å². The zero-order valence-corrected chi connectivity index (χ0v) is 16.9. The summed E-state index contributed by atoms with van der Waals surface area (Å²) in [6.07, 6.45) is 1.61. The van der Waals surface area contributed by atoms with Gasteiger partial charge in [0.05, 0.1) is 17.9 Å². The maximum atomic E-state index is 13.1. The minimum absolute atomic E-state index is 0.0632. The Labute approximate surface area is 174 Å². The van der Waals surface area contributed by atoms with Crippen molar-refractivity contribution in [3.63, 3.8) is 0 Å². The predicted octanol–water partition coefficient (Wildman–Crippen LogP) is 2.64. The van der Waals surface area contributed by atoms with Crippen LogP contribution < -0.4 is 14.6 Å². The largest absolute Gasteiger partial charge is 0.461 e. The van der Waals surface area contributed by atoms with E-state index in [0.29, 0.717) is 17.9 Å². The first-order chi connectivity index (χ1) is 14.4. The van der Waals surface area contributed by atoms with Gasteiger partial charge in [-0.05, 0) is 55.0 Å². The summed E-state index contributed by atoms with van der Waals surface area (Å²) in [4.78, 5) is 37.9. The van der Waals surface area contributed by atoms with Crippen molar-refractivity contribution in [2.75, 3.05) is 30.6 Å². The van der Waals surface area contributed by atoms with E-state index in [-0.39, 0.29) is 17.9 Å². The zero-order valence-electron chi connectivity index (χ0n) is 16.9. The molecule has 0 saturated heterocycles. The standard InChI is InChI=1S/C22H21N3O5/c1-4-29-22(28)20-19(13-15-5-7-16(8-6-15)24(2)3)21(27)25(23-20)17-9-11-18(12-10-17)30-14-26/h5-14H,4H2,1-3H3. The molecule has 0 aromatic heterocycles. The van der Waals surface area contributed by atoms with Gasteiger partial charge in [-0.3, -0.25) is 9.59 Å². The van der Waals surface area contributed by atoms with Crippen molar-refractivity contribution >= 4 is 41.5 Å². The molecule has 0 atom stereocenters. The van der Waals surface area contributed by atoms with Gasteiger partial charge < -0.3 is 14.4 Å². The number of ether oxygens (including phenoxy) is 2. The van der Waals surface area contributed by atoms with Crippen LogP contribution in [0.3, 0.4) is 0 Å². The summed E-state index contributed by atoms with van der Waals surface area (Å²) >= 11 is 0. The molecule has 0 radical (unpaired) electrons. The summed E-state index contributed by atoms with van der Waals surface area (Å²) in [5.41, 5.74) is 2.25. The predicted molar refractivity (Wildman–Crippen MR) is 113 cm³/mol. The van der Waals surface area contributed by atoms with Gasteiger partial charge in [0.25, 0.3) is 12.4 Å². The van der Waals surface area contributed by atoms with Crippen molar-refractivity contribution in [1.29, 1.82) is 0 Å². The molecule has 0 aliphatic carbocycles. The van der Waals surface area contributed by atoms with Gasteiger partial charge in [0.15, 0.2) is 5.71 Å². The van der Waals surface area contributed by atoms with Gasteiger partial charge >= 0.3 is 5.97 Å². The van der Waals surface area contributed by atoms with Crippen LogP contribution in [0, 0.1) is 0 Å². The lowest BCUT2D eigenvalue weighted by Crippen LogP contribution is -2.22. The highest BCUT2D eigenvalue weighted by Crippen LogP contribution is 2.27. The minimum Gasteiger partial charge on any atom is -0.461 e. The highest BCUT2D eigenvalue weighted by molar-refractivity contribution is 6.54. The Balaban J connectivity index is 1.97. The molecule has 0 spiro atoms. The highest BCUT2D eigenvalue weighted by atomic mass is 16.5. The molecule has 0 saturated carbocycles. The Morgan fingerprint density at radius 3 is 2.33 bits per heavy atom. The average Bonchev–Trinajstić information content (AvgIpc) is 3.06. The van der Waals surface area contributed by atoms with E-state index in [0.717, 1.165) is 16.3 Å². The molecule has 0 fully saturated rings. The number of anilines is 2. The number of esters is 1. The second kappa shape index (κ2) is 9.04. The van der Waals surface area contributed by atoms with Crippen LogP contribution in [-0.2, 0) is 19.1 Å². The SMILES string of the molecule is CCOC(=O)C1=NN(c2ccc(OC=O)cc2)C(=O)C1=Cc1ccc(N(C)C)cc1. The Morgan fingerprint density at radius 2 is 1.77 bits per heavy atom. The summed E-state index contributed by atoms with van der Waals surface area (Å²) < 4.78 is 9.83. The lowest BCUT2D eigenvalue weighted by atomic mass is 10.1. The Bertz CT molecular complexity index is 1010. The molecule has 8 nitrogen and oxygen atoms in total. The third-order valence-electron chi connectivity index (χ3n) is 4.33. The van der Waals surface area contributed by atoms with E-state index >= 15 is 0 Å². The van der Waals surface area contributed by atoms with Crippen LogP contribution in [0.2, 0.25) is 0 Å². The van der Waals surface area contributed by atoms with Crippen molar-refractivity contribution in [1.82, 2.24) is 0 Å². The number of benzene rings is 2. The molecule has 0 unspecified atom stereocenters. The van der Waals surface area contributed by atoms with Gasteiger partial charge in [-0.15, -0.1) is 0 Å². The normalized spacial score (nSPS) is 14.5. The van der Waals surface area contributed by atoms with E-state index in [2.05, 4.69) is 5.10 Å². The van der Waals surface area contributed by atoms with E-state index < -0.39 is 11.9 Å². The number of carbonyl (C=O) groups is 3. The number of hydrazone groups is 1. The molecule has 2 aromatic carbocycles. The molecule has 154 valence electrons. The molecule has 1 aliphatic heterocycles. The lowest BCUT2D eigenvalue weighted by Gasteiger charge is -2.12. The smallest absolute Gasteiger partial charge is 0.359 e. The summed E-state index contributed by atoms with van der Waals surface area (Å²) in [6, 6.07) is 13.7. The topological polar surface area (TPSA) is 88.5 Å². The van der Waals surface area contributed by atoms with Crippen LogP contribution in [0.25, 0.3) is 6.08 Å². The molecule has 0 bridgehead atoms. The highest BCUT2D eigenvalue weighted by Gasteiger charge is 2.36. The molecule has 30 heavy (non-hydrogen) atoms. The summed E-state index contributed by atoms with van der Waals surface area (Å²) in [5.74, 6) is -0.809. The summed E-state index contributed by atoms with van der Waals surface area (Å²) in [5, 5.41) is 5.32. The molecular formula is C22H21N3O5. The third-order valence-corrected chi connectivity index (χ3v) is 4.33. The fraction of sp³-hybridized carbons (Fsp3) is 0.182. The number of nitrogens with zero attached hydrogens (tertiary/aromatic N) is 3. The molecule has 1 amide bonds. The van der Waals surface area contributed by atoms with Crippen LogP contribution >= 0.6 is 0 Å². The number of amides is 1. The van der Waals surface area contributed by atoms with Gasteiger partial charge in [-0.25, -0.2) is 4.79 Å². The van der Waals surface area contributed by atoms with Gasteiger partial charge in [0.1, 0.15) is 5.75 Å². The van der Waals surface area contributed by atoms with Crippen LogP contribution in [0.5, 0.6) is 5.75 Å². The van der Waals surface area contributed by atoms with Crippen LogP contribution in [-0.4, -0.2) is 44.8 Å². The third kappa shape index (κ3) is 4.38. The van der Waals surface area contributed by atoms with Crippen LogP contribution in [0.4, 0.5) is 11.4 Å². The van der Waals surface area contributed by atoms with E-state index in [9.17, 15) is 14.4 Å². The summed E-state index contributed by atoms with van der Waals surface area (Å²) in [7, 11) is 3.87.